The van der Waals surface area contributed by atoms with Crippen molar-refractivity contribution in [2.75, 3.05) is 26.3 Å². The summed E-state index contributed by atoms with van der Waals surface area (Å²) in [7, 11) is 0. The molecule has 3 N–H and O–H groups in total. The SMILES string of the molecule is CC1CNCC(COCC(C)C(N)=O)O1. The highest BCUT2D eigenvalue weighted by Crippen LogP contribution is 2.04. The van der Waals surface area contributed by atoms with Crippen LogP contribution in [0.4, 0.5) is 0 Å². The lowest BCUT2D eigenvalue weighted by Gasteiger charge is -2.28. The minimum atomic E-state index is -0.328. The fourth-order valence-electron chi connectivity index (χ4n) is 1.43. The molecule has 0 spiro atoms. The fraction of sp³-hybridized carbons (Fsp3) is 0.900. The molecule has 0 bridgehead atoms. The predicted molar refractivity (Wildman–Crippen MR) is 56.4 cm³/mol. The molecule has 1 aliphatic rings. The van der Waals surface area contributed by atoms with Crippen LogP contribution in [0, 0.1) is 5.92 Å². The van der Waals surface area contributed by atoms with Gasteiger partial charge in [-0.05, 0) is 6.92 Å². The van der Waals surface area contributed by atoms with Gasteiger partial charge in [0.1, 0.15) is 0 Å². The average Bonchev–Trinajstić information content (AvgIpc) is 2.17. The van der Waals surface area contributed by atoms with Gasteiger partial charge in [0.05, 0.1) is 31.3 Å². The first-order valence-electron chi connectivity index (χ1n) is 5.33. The molecule has 0 aliphatic carbocycles. The highest BCUT2D eigenvalue weighted by Gasteiger charge is 2.19. The maximum atomic E-state index is 10.7. The number of rotatable bonds is 5. The van der Waals surface area contributed by atoms with Crippen molar-refractivity contribution in [3.05, 3.63) is 0 Å². The van der Waals surface area contributed by atoms with Gasteiger partial charge in [-0.1, -0.05) is 6.92 Å². The van der Waals surface area contributed by atoms with E-state index in [1.165, 1.54) is 0 Å². The zero-order chi connectivity index (χ0) is 11.3. The Kier molecular flexibility index (Phi) is 5.01. The number of nitrogens with one attached hydrogen (secondary N) is 1. The lowest BCUT2D eigenvalue weighted by atomic mass is 10.2. The number of carbonyl (C=O) groups is 1. The van der Waals surface area contributed by atoms with Crippen LogP contribution in [0.3, 0.4) is 0 Å². The summed E-state index contributed by atoms with van der Waals surface area (Å²) in [6.45, 7) is 6.33. The molecule has 3 atom stereocenters. The summed E-state index contributed by atoms with van der Waals surface area (Å²) in [5, 5.41) is 3.25. The zero-order valence-electron chi connectivity index (χ0n) is 9.36. The molecule has 1 rings (SSSR count). The van der Waals surface area contributed by atoms with Gasteiger partial charge >= 0.3 is 0 Å². The maximum Gasteiger partial charge on any atom is 0.222 e. The first-order valence-corrected chi connectivity index (χ1v) is 5.33. The standard InChI is InChI=1S/C10H20N2O3/c1-7(10(11)13)5-14-6-9-4-12-3-8(2)15-9/h7-9,12H,3-6H2,1-2H3,(H2,11,13). The first-order chi connectivity index (χ1) is 7.09. The fourth-order valence-corrected chi connectivity index (χ4v) is 1.43. The van der Waals surface area contributed by atoms with Crippen molar-refractivity contribution in [1.29, 1.82) is 0 Å². The van der Waals surface area contributed by atoms with Gasteiger partial charge in [0.2, 0.25) is 5.91 Å². The number of nitrogens with two attached hydrogens (primary N) is 1. The number of morpholine rings is 1. The average molecular weight is 216 g/mol. The Morgan fingerprint density at radius 2 is 2.40 bits per heavy atom. The molecule has 1 fully saturated rings. The van der Waals surface area contributed by atoms with Crippen molar-refractivity contribution in [2.24, 2.45) is 11.7 Å². The third-order valence-electron chi connectivity index (χ3n) is 2.39. The summed E-state index contributed by atoms with van der Waals surface area (Å²) < 4.78 is 11.0. The maximum absolute atomic E-state index is 10.7. The number of ether oxygens (including phenoxy) is 2. The van der Waals surface area contributed by atoms with Crippen molar-refractivity contribution in [1.82, 2.24) is 5.32 Å². The molecular formula is C10H20N2O3. The van der Waals surface area contributed by atoms with E-state index < -0.39 is 0 Å². The molecule has 88 valence electrons. The molecule has 0 radical (unpaired) electrons. The molecule has 3 unspecified atom stereocenters. The van der Waals surface area contributed by atoms with Crippen LogP contribution >= 0.6 is 0 Å². The zero-order valence-corrected chi connectivity index (χ0v) is 9.36. The normalized spacial score (nSPS) is 28.7. The van der Waals surface area contributed by atoms with Gasteiger partial charge in [-0.3, -0.25) is 4.79 Å². The second-order valence-corrected chi connectivity index (χ2v) is 4.07. The van der Waals surface area contributed by atoms with Crippen molar-refractivity contribution in [3.63, 3.8) is 0 Å². The van der Waals surface area contributed by atoms with Crippen LogP contribution in [0.1, 0.15) is 13.8 Å². The quantitative estimate of drug-likeness (QED) is 0.650. The van der Waals surface area contributed by atoms with E-state index in [4.69, 9.17) is 15.2 Å². The van der Waals surface area contributed by atoms with Crippen LogP contribution in [-0.2, 0) is 14.3 Å². The van der Waals surface area contributed by atoms with Crippen LogP contribution in [0.5, 0.6) is 0 Å². The number of hydrogen-bond donors (Lipinski definition) is 2. The Labute approximate surface area is 90.3 Å². The van der Waals surface area contributed by atoms with Crippen molar-refractivity contribution < 1.29 is 14.3 Å². The van der Waals surface area contributed by atoms with Crippen LogP contribution in [-0.4, -0.2) is 44.4 Å². The Balaban J connectivity index is 2.11. The largest absolute Gasteiger partial charge is 0.378 e. The van der Waals surface area contributed by atoms with E-state index in [1.54, 1.807) is 6.92 Å². The second-order valence-electron chi connectivity index (χ2n) is 4.07. The summed E-state index contributed by atoms with van der Waals surface area (Å²) in [6, 6.07) is 0. The minimum Gasteiger partial charge on any atom is -0.378 e. The van der Waals surface area contributed by atoms with Crippen LogP contribution in [0.15, 0.2) is 0 Å². The molecule has 0 aromatic carbocycles. The number of primary amides is 1. The summed E-state index contributed by atoms with van der Waals surface area (Å²) in [6.07, 6.45) is 0.301. The highest BCUT2D eigenvalue weighted by atomic mass is 16.5. The number of amides is 1. The predicted octanol–water partition coefficient (Wildman–Crippen LogP) is -0.499. The molecule has 5 heteroatoms. The smallest absolute Gasteiger partial charge is 0.222 e. The lowest BCUT2D eigenvalue weighted by Crippen LogP contribution is -2.45. The molecule has 0 aromatic rings. The Bertz CT molecular complexity index is 211. The van der Waals surface area contributed by atoms with E-state index in [2.05, 4.69) is 5.32 Å². The third kappa shape index (κ3) is 4.59. The summed E-state index contributed by atoms with van der Waals surface area (Å²) in [5.41, 5.74) is 5.11. The molecule has 5 nitrogen and oxygen atoms in total. The number of hydrogen-bond acceptors (Lipinski definition) is 4. The van der Waals surface area contributed by atoms with Gasteiger partial charge in [0.25, 0.3) is 0 Å². The Morgan fingerprint density at radius 1 is 1.67 bits per heavy atom. The van der Waals surface area contributed by atoms with Gasteiger partial charge in [-0.2, -0.15) is 0 Å². The van der Waals surface area contributed by atoms with Gasteiger partial charge in [0.15, 0.2) is 0 Å². The van der Waals surface area contributed by atoms with Crippen LogP contribution < -0.4 is 11.1 Å². The molecule has 15 heavy (non-hydrogen) atoms. The van der Waals surface area contributed by atoms with E-state index in [0.29, 0.717) is 13.2 Å². The summed E-state index contributed by atoms with van der Waals surface area (Å²) in [4.78, 5) is 10.7. The first kappa shape index (κ1) is 12.4. The van der Waals surface area contributed by atoms with Crippen molar-refractivity contribution >= 4 is 5.91 Å². The van der Waals surface area contributed by atoms with E-state index in [9.17, 15) is 4.79 Å². The van der Waals surface area contributed by atoms with Crippen LogP contribution in [0.2, 0.25) is 0 Å². The minimum absolute atomic E-state index is 0.0776. The van der Waals surface area contributed by atoms with Gasteiger partial charge < -0.3 is 20.5 Å². The molecule has 1 aliphatic heterocycles. The van der Waals surface area contributed by atoms with Gasteiger partial charge in [0, 0.05) is 13.1 Å². The monoisotopic (exact) mass is 216 g/mol. The molecule has 0 aromatic heterocycles. The molecule has 1 amide bonds. The van der Waals surface area contributed by atoms with Crippen LogP contribution in [0.25, 0.3) is 0 Å². The van der Waals surface area contributed by atoms with E-state index in [1.807, 2.05) is 6.92 Å². The van der Waals surface area contributed by atoms with E-state index in [-0.39, 0.29) is 24.0 Å². The summed E-state index contributed by atoms with van der Waals surface area (Å²) >= 11 is 0. The topological polar surface area (TPSA) is 73.6 Å². The summed E-state index contributed by atoms with van der Waals surface area (Å²) in [5.74, 6) is -0.565. The van der Waals surface area contributed by atoms with Crippen molar-refractivity contribution in [3.8, 4) is 0 Å². The second kappa shape index (κ2) is 6.05. The van der Waals surface area contributed by atoms with E-state index >= 15 is 0 Å². The molecule has 1 saturated heterocycles. The number of carbonyl (C=O) groups excluding carboxylic acids is 1. The lowest BCUT2D eigenvalue weighted by molar-refractivity contribution is -0.124. The van der Waals surface area contributed by atoms with Gasteiger partial charge in [-0.15, -0.1) is 0 Å². The molecule has 1 heterocycles. The van der Waals surface area contributed by atoms with E-state index in [0.717, 1.165) is 13.1 Å². The molecule has 0 saturated carbocycles. The Morgan fingerprint density at radius 3 is 3.00 bits per heavy atom. The third-order valence-corrected chi connectivity index (χ3v) is 2.39. The Hall–Kier alpha value is -0.650. The highest BCUT2D eigenvalue weighted by molar-refractivity contribution is 5.76. The van der Waals surface area contributed by atoms with Crippen molar-refractivity contribution in [2.45, 2.75) is 26.1 Å². The van der Waals surface area contributed by atoms with Gasteiger partial charge in [-0.25, -0.2) is 0 Å². The molecular weight excluding hydrogens is 196 g/mol.